The van der Waals surface area contributed by atoms with Gasteiger partial charge in [-0.2, -0.15) is 0 Å². The van der Waals surface area contributed by atoms with Crippen LogP contribution in [-0.2, 0) is 6.42 Å². The maximum Gasteiger partial charge on any atom is 0.166 e. The Morgan fingerprint density at radius 1 is 1.43 bits per heavy atom. The highest BCUT2D eigenvalue weighted by Crippen LogP contribution is 2.19. The molecule has 0 radical (unpaired) electrons. The van der Waals surface area contributed by atoms with E-state index in [0.29, 0.717) is 5.69 Å². The maximum atomic E-state index is 10.7. The van der Waals surface area contributed by atoms with Crippen LogP contribution in [0.4, 0.5) is 0 Å². The number of aryl methyl sites for hydroxylation is 1. The van der Waals surface area contributed by atoms with E-state index in [1.54, 1.807) is 0 Å². The van der Waals surface area contributed by atoms with Crippen LogP contribution in [0.2, 0.25) is 0 Å². The van der Waals surface area contributed by atoms with Gasteiger partial charge in [-0.15, -0.1) is 0 Å². The van der Waals surface area contributed by atoms with Gasteiger partial charge in [-0.3, -0.25) is 4.79 Å². The molecule has 2 N–H and O–H groups in total. The first-order chi connectivity index (χ1) is 6.85. The zero-order chi connectivity index (χ0) is 9.97. The maximum absolute atomic E-state index is 10.7. The van der Waals surface area contributed by atoms with Crippen molar-refractivity contribution in [3.8, 4) is 11.4 Å². The Kier molecular flexibility index (Phi) is 2.23. The van der Waals surface area contributed by atoms with Crippen molar-refractivity contribution in [3.63, 3.8) is 0 Å². The predicted molar refractivity (Wildman–Crippen MR) is 55.3 cm³/mol. The molecule has 0 aliphatic heterocycles. The normalized spacial score (nSPS) is 10.4. The number of rotatable bonds is 3. The second kappa shape index (κ2) is 3.54. The molecule has 0 saturated heterocycles. The summed E-state index contributed by atoms with van der Waals surface area (Å²) in [6.45, 7) is 2.04. The van der Waals surface area contributed by atoms with Gasteiger partial charge in [-0.05, 0) is 30.2 Å². The number of carbonyl (C=O) groups is 1. The zero-order valence-electron chi connectivity index (χ0n) is 8.00. The van der Waals surface area contributed by atoms with Gasteiger partial charge in [0, 0.05) is 6.20 Å². The Labute approximate surface area is 82.2 Å². The second-order valence-corrected chi connectivity index (χ2v) is 3.18. The number of hydrogen-bond donors (Lipinski definition) is 2. The van der Waals surface area contributed by atoms with Crippen LogP contribution in [0.5, 0.6) is 0 Å². The summed E-state index contributed by atoms with van der Waals surface area (Å²) >= 11 is 0. The van der Waals surface area contributed by atoms with Crippen LogP contribution in [0.15, 0.2) is 24.4 Å². The van der Waals surface area contributed by atoms with Crippen molar-refractivity contribution in [2.24, 2.45) is 0 Å². The van der Waals surface area contributed by atoms with E-state index in [1.165, 1.54) is 0 Å². The summed E-state index contributed by atoms with van der Waals surface area (Å²) in [4.78, 5) is 16.9. The SMILES string of the molecule is CCc1cc(-c2ccc[nH]2)[nH]c1C=O. The topological polar surface area (TPSA) is 48.6 Å². The van der Waals surface area contributed by atoms with Crippen molar-refractivity contribution < 1.29 is 4.79 Å². The highest BCUT2D eigenvalue weighted by molar-refractivity contribution is 5.77. The standard InChI is InChI=1S/C11H12N2O/c1-2-8-6-10(13-11(8)7-14)9-4-3-5-12-9/h3-7,12-13H,2H2,1H3. The first-order valence-electron chi connectivity index (χ1n) is 4.66. The van der Waals surface area contributed by atoms with Gasteiger partial charge in [0.1, 0.15) is 0 Å². The first kappa shape index (κ1) is 8.81. The van der Waals surface area contributed by atoms with Gasteiger partial charge < -0.3 is 9.97 Å². The van der Waals surface area contributed by atoms with Crippen LogP contribution in [0.1, 0.15) is 23.0 Å². The van der Waals surface area contributed by atoms with Crippen molar-refractivity contribution in [2.45, 2.75) is 13.3 Å². The third-order valence-electron chi connectivity index (χ3n) is 2.32. The summed E-state index contributed by atoms with van der Waals surface area (Å²) in [5.41, 5.74) is 3.71. The molecule has 0 aliphatic rings. The molecule has 0 unspecified atom stereocenters. The molecule has 3 nitrogen and oxygen atoms in total. The number of H-pyrrole nitrogens is 2. The van der Waals surface area contributed by atoms with E-state index in [9.17, 15) is 4.79 Å². The first-order valence-corrected chi connectivity index (χ1v) is 4.66. The Hall–Kier alpha value is -1.77. The minimum atomic E-state index is 0.678. The quantitative estimate of drug-likeness (QED) is 0.714. The van der Waals surface area contributed by atoms with E-state index in [0.717, 1.165) is 29.7 Å². The molecule has 2 aromatic heterocycles. The molecule has 3 heteroatoms. The molecular formula is C11H12N2O. The average molecular weight is 188 g/mol. The van der Waals surface area contributed by atoms with Crippen LogP contribution in [-0.4, -0.2) is 16.3 Å². The summed E-state index contributed by atoms with van der Waals surface area (Å²) in [6.07, 6.45) is 3.60. The van der Waals surface area contributed by atoms with E-state index < -0.39 is 0 Å². The highest BCUT2D eigenvalue weighted by Gasteiger charge is 2.07. The lowest BCUT2D eigenvalue weighted by Crippen LogP contribution is -1.85. The van der Waals surface area contributed by atoms with Gasteiger partial charge in [0.25, 0.3) is 0 Å². The van der Waals surface area contributed by atoms with Crippen molar-refractivity contribution in [2.75, 3.05) is 0 Å². The van der Waals surface area contributed by atoms with Crippen LogP contribution in [0.3, 0.4) is 0 Å². The van der Waals surface area contributed by atoms with E-state index in [4.69, 9.17) is 0 Å². The predicted octanol–water partition coefficient (Wildman–Crippen LogP) is 2.38. The van der Waals surface area contributed by atoms with Crippen molar-refractivity contribution in [1.82, 2.24) is 9.97 Å². The van der Waals surface area contributed by atoms with Crippen LogP contribution in [0, 0.1) is 0 Å². The number of nitrogens with one attached hydrogen (secondary N) is 2. The number of aromatic nitrogens is 2. The number of hydrogen-bond acceptors (Lipinski definition) is 1. The largest absolute Gasteiger partial charge is 0.360 e. The highest BCUT2D eigenvalue weighted by atomic mass is 16.1. The van der Waals surface area contributed by atoms with Crippen molar-refractivity contribution in [1.29, 1.82) is 0 Å². The van der Waals surface area contributed by atoms with E-state index in [1.807, 2.05) is 31.3 Å². The Morgan fingerprint density at radius 3 is 2.79 bits per heavy atom. The lowest BCUT2D eigenvalue weighted by Gasteiger charge is -1.89. The van der Waals surface area contributed by atoms with Crippen LogP contribution < -0.4 is 0 Å². The molecule has 2 rings (SSSR count). The Bertz CT molecular complexity index is 426. The smallest absolute Gasteiger partial charge is 0.166 e. The molecular weight excluding hydrogens is 176 g/mol. The van der Waals surface area contributed by atoms with Gasteiger partial charge in [-0.1, -0.05) is 6.92 Å². The molecule has 2 heterocycles. The Morgan fingerprint density at radius 2 is 2.29 bits per heavy atom. The summed E-state index contributed by atoms with van der Waals surface area (Å²) < 4.78 is 0. The fourth-order valence-corrected chi connectivity index (χ4v) is 1.55. The number of aldehydes is 1. The van der Waals surface area contributed by atoms with Crippen molar-refractivity contribution in [3.05, 3.63) is 35.7 Å². The van der Waals surface area contributed by atoms with Crippen LogP contribution >= 0.6 is 0 Å². The fraction of sp³-hybridized carbons (Fsp3) is 0.182. The van der Waals surface area contributed by atoms with Crippen molar-refractivity contribution >= 4 is 6.29 Å². The molecule has 0 spiro atoms. The number of carbonyl (C=O) groups excluding carboxylic acids is 1. The third-order valence-corrected chi connectivity index (χ3v) is 2.32. The number of aromatic amines is 2. The molecule has 2 aromatic rings. The van der Waals surface area contributed by atoms with Gasteiger partial charge >= 0.3 is 0 Å². The Balaban J connectivity index is 2.46. The second-order valence-electron chi connectivity index (χ2n) is 3.18. The molecule has 0 bridgehead atoms. The summed E-state index contributed by atoms with van der Waals surface area (Å²) in [5.74, 6) is 0. The van der Waals surface area contributed by atoms with Gasteiger partial charge in [0.2, 0.25) is 0 Å². The molecule has 0 atom stereocenters. The molecule has 0 amide bonds. The minimum absolute atomic E-state index is 0.678. The third kappa shape index (κ3) is 1.37. The molecule has 0 fully saturated rings. The fourth-order valence-electron chi connectivity index (χ4n) is 1.55. The van der Waals surface area contributed by atoms with Crippen LogP contribution in [0.25, 0.3) is 11.4 Å². The molecule has 0 aliphatic carbocycles. The average Bonchev–Trinajstić information content (AvgIpc) is 2.85. The minimum Gasteiger partial charge on any atom is -0.360 e. The van der Waals surface area contributed by atoms with Gasteiger partial charge in [0.15, 0.2) is 6.29 Å². The molecule has 0 aromatic carbocycles. The van der Waals surface area contributed by atoms with E-state index in [2.05, 4.69) is 9.97 Å². The molecule has 14 heavy (non-hydrogen) atoms. The molecule has 72 valence electrons. The van der Waals surface area contributed by atoms with Gasteiger partial charge in [0.05, 0.1) is 17.1 Å². The summed E-state index contributed by atoms with van der Waals surface area (Å²) in [7, 11) is 0. The van der Waals surface area contributed by atoms with E-state index >= 15 is 0 Å². The monoisotopic (exact) mass is 188 g/mol. The van der Waals surface area contributed by atoms with E-state index in [-0.39, 0.29) is 0 Å². The lowest BCUT2D eigenvalue weighted by atomic mass is 10.2. The zero-order valence-corrected chi connectivity index (χ0v) is 8.00. The lowest BCUT2D eigenvalue weighted by molar-refractivity contribution is 0.111. The summed E-state index contributed by atoms with van der Waals surface area (Å²) in [6, 6.07) is 5.91. The summed E-state index contributed by atoms with van der Waals surface area (Å²) in [5, 5.41) is 0. The molecule has 0 saturated carbocycles. The van der Waals surface area contributed by atoms with Gasteiger partial charge in [-0.25, -0.2) is 0 Å².